The number of nitrogens with zero attached hydrogens (tertiary/aromatic N) is 1. The molecule has 0 aromatic heterocycles. The molecule has 18 heavy (non-hydrogen) atoms. The predicted molar refractivity (Wildman–Crippen MR) is 73.4 cm³/mol. The van der Waals surface area contributed by atoms with Gasteiger partial charge in [0.05, 0.1) is 5.92 Å². The molecule has 0 saturated heterocycles. The van der Waals surface area contributed by atoms with Gasteiger partial charge in [-0.05, 0) is 18.0 Å². The summed E-state index contributed by atoms with van der Waals surface area (Å²) in [7, 11) is 0. The minimum atomic E-state index is -0.698. The third-order valence-corrected chi connectivity index (χ3v) is 3.27. The average Bonchev–Trinajstić information content (AvgIpc) is 2.34. The molecule has 0 radical (unpaired) electrons. The molecule has 1 unspecified atom stereocenters. The van der Waals surface area contributed by atoms with E-state index in [0.29, 0.717) is 6.54 Å². The van der Waals surface area contributed by atoms with E-state index in [1.807, 2.05) is 32.0 Å². The van der Waals surface area contributed by atoms with Crippen molar-refractivity contribution in [2.45, 2.75) is 27.3 Å². The summed E-state index contributed by atoms with van der Waals surface area (Å²) < 4.78 is 0. The second-order valence-electron chi connectivity index (χ2n) is 5.00. The zero-order valence-electron chi connectivity index (χ0n) is 11.5. The van der Waals surface area contributed by atoms with Crippen LogP contribution in [0.15, 0.2) is 30.3 Å². The van der Waals surface area contributed by atoms with E-state index in [-0.39, 0.29) is 11.8 Å². The Morgan fingerprint density at radius 1 is 1.28 bits per heavy atom. The second-order valence-corrected chi connectivity index (χ2v) is 5.00. The van der Waals surface area contributed by atoms with Gasteiger partial charge in [-0.25, -0.2) is 0 Å². The zero-order chi connectivity index (χ0) is 13.5. The summed E-state index contributed by atoms with van der Waals surface area (Å²) in [4.78, 5) is 13.4. The number of hydrogen-bond donors (Lipinski definition) is 1. The Hall–Kier alpha value is -1.35. The van der Waals surface area contributed by atoms with E-state index in [0.717, 1.165) is 13.1 Å². The highest BCUT2D eigenvalue weighted by Gasteiger charge is 2.23. The van der Waals surface area contributed by atoms with Crippen LogP contribution in [0, 0.1) is 11.8 Å². The first-order chi connectivity index (χ1) is 8.54. The van der Waals surface area contributed by atoms with E-state index in [2.05, 4.69) is 24.0 Å². The van der Waals surface area contributed by atoms with Crippen molar-refractivity contribution < 1.29 is 9.90 Å². The van der Waals surface area contributed by atoms with Crippen LogP contribution in [0.5, 0.6) is 0 Å². The number of carbonyl (C=O) groups is 1. The van der Waals surface area contributed by atoms with Gasteiger partial charge < -0.3 is 5.11 Å². The second kappa shape index (κ2) is 7.17. The maximum absolute atomic E-state index is 11.2. The molecule has 0 amide bonds. The van der Waals surface area contributed by atoms with Crippen molar-refractivity contribution >= 4 is 5.97 Å². The van der Waals surface area contributed by atoms with Gasteiger partial charge in [-0.3, -0.25) is 9.69 Å². The highest BCUT2D eigenvalue weighted by Crippen LogP contribution is 2.15. The lowest BCUT2D eigenvalue weighted by Gasteiger charge is -2.26. The Kier molecular flexibility index (Phi) is 5.86. The summed E-state index contributed by atoms with van der Waals surface area (Å²) in [6.45, 7) is 8.30. The maximum atomic E-state index is 11.2. The van der Waals surface area contributed by atoms with Gasteiger partial charge in [-0.2, -0.15) is 0 Å². The van der Waals surface area contributed by atoms with Gasteiger partial charge in [0.1, 0.15) is 0 Å². The lowest BCUT2D eigenvalue weighted by atomic mass is 9.95. The standard InChI is InChI=1S/C15H23NO2/c1-4-16(10-13-8-6-5-7-9-13)11-14(12(2)3)15(17)18/h5-9,12,14H,4,10-11H2,1-3H3,(H,17,18). The minimum Gasteiger partial charge on any atom is -0.481 e. The molecule has 0 fully saturated rings. The molecule has 1 aromatic carbocycles. The predicted octanol–water partition coefficient (Wildman–Crippen LogP) is 2.87. The Bertz CT molecular complexity index is 362. The van der Waals surface area contributed by atoms with Gasteiger partial charge in [-0.15, -0.1) is 0 Å². The van der Waals surface area contributed by atoms with Crippen molar-refractivity contribution in [3.63, 3.8) is 0 Å². The third-order valence-electron chi connectivity index (χ3n) is 3.27. The molecule has 3 nitrogen and oxygen atoms in total. The quantitative estimate of drug-likeness (QED) is 0.807. The number of aliphatic carboxylic acids is 1. The van der Waals surface area contributed by atoms with Crippen LogP contribution in [-0.4, -0.2) is 29.1 Å². The molecule has 3 heteroatoms. The van der Waals surface area contributed by atoms with E-state index in [4.69, 9.17) is 0 Å². The van der Waals surface area contributed by atoms with Crippen LogP contribution in [-0.2, 0) is 11.3 Å². The summed E-state index contributed by atoms with van der Waals surface area (Å²) in [5.41, 5.74) is 1.23. The summed E-state index contributed by atoms with van der Waals surface area (Å²) in [5.74, 6) is -0.836. The molecule has 0 bridgehead atoms. The van der Waals surface area contributed by atoms with Crippen molar-refractivity contribution in [3.05, 3.63) is 35.9 Å². The summed E-state index contributed by atoms with van der Waals surface area (Å²) in [5, 5.41) is 9.23. The maximum Gasteiger partial charge on any atom is 0.308 e. The topological polar surface area (TPSA) is 40.5 Å². The first-order valence-electron chi connectivity index (χ1n) is 6.53. The first kappa shape index (κ1) is 14.7. The number of hydrogen-bond acceptors (Lipinski definition) is 2. The molecule has 0 aliphatic rings. The van der Waals surface area contributed by atoms with E-state index in [1.165, 1.54) is 5.56 Å². The molecular formula is C15H23NO2. The Morgan fingerprint density at radius 2 is 1.89 bits per heavy atom. The van der Waals surface area contributed by atoms with Crippen molar-refractivity contribution in [3.8, 4) is 0 Å². The molecule has 1 atom stereocenters. The van der Waals surface area contributed by atoms with Gasteiger partial charge in [0, 0.05) is 13.1 Å². The number of rotatable bonds is 7. The van der Waals surface area contributed by atoms with Crippen LogP contribution in [0.4, 0.5) is 0 Å². The van der Waals surface area contributed by atoms with Crippen LogP contribution in [0.3, 0.4) is 0 Å². The Morgan fingerprint density at radius 3 is 2.33 bits per heavy atom. The SMILES string of the molecule is CCN(Cc1ccccc1)CC(C(=O)O)C(C)C. The van der Waals surface area contributed by atoms with Crippen LogP contribution >= 0.6 is 0 Å². The molecule has 1 aromatic rings. The number of carboxylic acid groups (broad SMARTS) is 1. The molecule has 0 spiro atoms. The van der Waals surface area contributed by atoms with Crippen LogP contribution in [0.1, 0.15) is 26.3 Å². The summed E-state index contributed by atoms with van der Waals surface area (Å²) in [6.07, 6.45) is 0. The van der Waals surface area contributed by atoms with Gasteiger partial charge in [0.2, 0.25) is 0 Å². The van der Waals surface area contributed by atoms with E-state index in [9.17, 15) is 9.90 Å². The van der Waals surface area contributed by atoms with Gasteiger partial charge in [-0.1, -0.05) is 51.1 Å². The zero-order valence-corrected chi connectivity index (χ0v) is 11.5. The van der Waals surface area contributed by atoms with Crippen LogP contribution < -0.4 is 0 Å². The van der Waals surface area contributed by atoms with Gasteiger partial charge in [0.25, 0.3) is 0 Å². The molecule has 100 valence electrons. The largest absolute Gasteiger partial charge is 0.481 e. The van der Waals surface area contributed by atoms with Gasteiger partial charge in [0.15, 0.2) is 0 Å². The molecular weight excluding hydrogens is 226 g/mol. The monoisotopic (exact) mass is 249 g/mol. The molecule has 1 N–H and O–H groups in total. The average molecular weight is 249 g/mol. The van der Waals surface area contributed by atoms with Crippen molar-refractivity contribution in [1.82, 2.24) is 4.90 Å². The summed E-state index contributed by atoms with van der Waals surface area (Å²) >= 11 is 0. The fourth-order valence-corrected chi connectivity index (χ4v) is 2.00. The lowest BCUT2D eigenvalue weighted by molar-refractivity contribution is -0.144. The van der Waals surface area contributed by atoms with E-state index >= 15 is 0 Å². The Balaban J connectivity index is 2.64. The Labute approximate surface area is 109 Å². The van der Waals surface area contributed by atoms with Crippen molar-refractivity contribution in [2.24, 2.45) is 11.8 Å². The van der Waals surface area contributed by atoms with Crippen LogP contribution in [0.25, 0.3) is 0 Å². The van der Waals surface area contributed by atoms with Crippen molar-refractivity contribution in [1.29, 1.82) is 0 Å². The lowest BCUT2D eigenvalue weighted by Crippen LogP contribution is -2.35. The molecule has 0 heterocycles. The van der Waals surface area contributed by atoms with Crippen molar-refractivity contribution in [2.75, 3.05) is 13.1 Å². The third kappa shape index (κ3) is 4.49. The number of carboxylic acids is 1. The minimum absolute atomic E-state index is 0.160. The smallest absolute Gasteiger partial charge is 0.308 e. The summed E-state index contributed by atoms with van der Waals surface area (Å²) in [6, 6.07) is 10.2. The highest BCUT2D eigenvalue weighted by molar-refractivity contribution is 5.70. The van der Waals surface area contributed by atoms with Crippen LogP contribution in [0.2, 0.25) is 0 Å². The molecule has 1 rings (SSSR count). The number of benzene rings is 1. The normalized spacial score (nSPS) is 12.9. The van der Waals surface area contributed by atoms with E-state index in [1.54, 1.807) is 0 Å². The first-order valence-corrected chi connectivity index (χ1v) is 6.53. The van der Waals surface area contributed by atoms with E-state index < -0.39 is 5.97 Å². The fraction of sp³-hybridized carbons (Fsp3) is 0.533. The highest BCUT2D eigenvalue weighted by atomic mass is 16.4. The molecule has 0 saturated carbocycles. The molecule has 0 aliphatic heterocycles. The molecule has 0 aliphatic carbocycles. The van der Waals surface area contributed by atoms with Gasteiger partial charge >= 0.3 is 5.97 Å². The fourth-order valence-electron chi connectivity index (χ4n) is 2.00.